The third kappa shape index (κ3) is 2.45. The molecule has 0 N–H and O–H groups in total. The van der Waals surface area contributed by atoms with Crippen LogP contribution in [0.25, 0.3) is 5.69 Å². The first-order valence-corrected chi connectivity index (χ1v) is 4.49. The molecule has 0 aliphatic heterocycles. The maximum absolute atomic E-state index is 5.24. The molecule has 1 heterocycles. The van der Waals surface area contributed by atoms with Crippen LogP contribution in [0, 0.1) is 6.07 Å². The van der Waals surface area contributed by atoms with Gasteiger partial charge in [-0.3, -0.25) is 4.68 Å². The molecule has 0 aliphatic carbocycles. The van der Waals surface area contributed by atoms with E-state index in [0.717, 1.165) is 5.69 Å². The van der Waals surface area contributed by atoms with Crippen LogP contribution in [0.5, 0.6) is 11.5 Å². The molecule has 0 radical (unpaired) electrons. The Labute approximate surface area is 108 Å². The standard InChI is InChI=1S/C11H11N2O2.Pt/c1-14-9-4-5-10(11(8-9)15-2)13-7-3-6-12-13;/h3-4,6-8H,1-2H3;/q-1;. The second-order valence-corrected chi connectivity index (χ2v) is 2.91. The minimum atomic E-state index is 0. The van der Waals surface area contributed by atoms with Gasteiger partial charge >= 0.3 is 0 Å². The van der Waals surface area contributed by atoms with Crippen molar-refractivity contribution in [2.45, 2.75) is 0 Å². The van der Waals surface area contributed by atoms with Crippen LogP contribution in [0.4, 0.5) is 0 Å². The molecule has 0 aliphatic rings. The molecule has 0 fully saturated rings. The number of hydrogen-bond acceptors (Lipinski definition) is 3. The summed E-state index contributed by atoms with van der Waals surface area (Å²) < 4.78 is 12.0. The number of rotatable bonds is 3. The fourth-order valence-corrected chi connectivity index (χ4v) is 1.30. The van der Waals surface area contributed by atoms with E-state index in [1.807, 2.05) is 12.3 Å². The quantitative estimate of drug-likeness (QED) is 0.739. The Bertz CT molecular complexity index is 443. The van der Waals surface area contributed by atoms with Gasteiger partial charge in [0.15, 0.2) is 0 Å². The predicted molar refractivity (Wildman–Crippen MR) is 55.5 cm³/mol. The van der Waals surface area contributed by atoms with Crippen molar-refractivity contribution in [2.24, 2.45) is 0 Å². The van der Waals surface area contributed by atoms with Gasteiger partial charge in [0.25, 0.3) is 0 Å². The molecular formula is C11H11N2O2Pt-. The molecule has 88 valence electrons. The zero-order valence-electron chi connectivity index (χ0n) is 8.91. The average molecular weight is 398 g/mol. The fourth-order valence-electron chi connectivity index (χ4n) is 1.30. The SMILES string of the molecule is COc1c[c-]c(-n2cccn2)c(OC)c1.[Pt]. The van der Waals surface area contributed by atoms with Gasteiger partial charge in [0.2, 0.25) is 0 Å². The summed E-state index contributed by atoms with van der Waals surface area (Å²) in [7, 11) is 3.21. The maximum Gasteiger partial charge on any atom is 0.0608 e. The smallest absolute Gasteiger partial charge is 0.0608 e. The first kappa shape index (κ1) is 12.8. The van der Waals surface area contributed by atoms with Crippen molar-refractivity contribution >= 4 is 0 Å². The van der Waals surface area contributed by atoms with E-state index in [1.54, 1.807) is 37.2 Å². The van der Waals surface area contributed by atoms with Crippen LogP contribution in [-0.2, 0) is 21.1 Å². The fraction of sp³-hybridized carbons (Fsp3) is 0.182. The number of nitrogens with zero attached hydrogens (tertiary/aromatic N) is 2. The molecular weight excluding hydrogens is 387 g/mol. The van der Waals surface area contributed by atoms with E-state index >= 15 is 0 Å². The van der Waals surface area contributed by atoms with Crippen LogP contribution in [0.2, 0.25) is 0 Å². The molecule has 0 atom stereocenters. The maximum atomic E-state index is 5.24. The van der Waals surface area contributed by atoms with Crippen molar-refractivity contribution in [1.82, 2.24) is 9.78 Å². The normalized spacial score (nSPS) is 9.38. The molecule has 0 amide bonds. The van der Waals surface area contributed by atoms with Gasteiger partial charge in [0.1, 0.15) is 0 Å². The van der Waals surface area contributed by atoms with E-state index < -0.39 is 0 Å². The third-order valence-electron chi connectivity index (χ3n) is 2.05. The summed E-state index contributed by atoms with van der Waals surface area (Å²) in [4.78, 5) is 0. The van der Waals surface area contributed by atoms with Gasteiger partial charge in [-0.1, -0.05) is 6.07 Å². The average Bonchev–Trinajstić information content (AvgIpc) is 2.81. The van der Waals surface area contributed by atoms with Crippen LogP contribution >= 0.6 is 0 Å². The van der Waals surface area contributed by atoms with E-state index in [2.05, 4.69) is 11.2 Å². The number of ether oxygens (including phenoxy) is 2. The Morgan fingerprint density at radius 2 is 2.12 bits per heavy atom. The Morgan fingerprint density at radius 1 is 1.31 bits per heavy atom. The van der Waals surface area contributed by atoms with E-state index in [9.17, 15) is 0 Å². The van der Waals surface area contributed by atoms with Crippen molar-refractivity contribution in [1.29, 1.82) is 0 Å². The van der Waals surface area contributed by atoms with Crippen LogP contribution in [0.15, 0.2) is 30.6 Å². The molecule has 0 unspecified atom stereocenters. The predicted octanol–water partition coefficient (Wildman–Crippen LogP) is 1.69. The molecule has 0 bridgehead atoms. The number of benzene rings is 1. The molecule has 2 aromatic rings. The van der Waals surface area contributed by atoms with Gasteiger partial charge in [-0.25, -0.2) is 0 Å². The molecule has 5 heteroatoms. The Kier molecular flexibility index (Phi) is 4.56. The van der Waals surface area contributed by atoms with Crippen molar-refractivity contribution in [2.75, 3.05) is 14.2 Å². The van der Waals surface area contributed by atoms with E-state index in [1.165, 1.54) is 0 Å². The summed E-state index contributed by atoms with van der Waals surface area (Å²) >= 11 is 0. The van der Waals surface area contributed by atoms with Crippen LogP contribution in [-0.4, -0.2) is 24.0 Å². The molecule has 0 saturated carbocycles. The van der Waals surface area contributed by atoms with Gasteiger partial charge in [0.05, 0.1) is 14.2 Å². The van der Waals surface area contributed by atoms with Crippen molar-refractivity contribution in [3.05, 3.63) is 36.7 Å². The summed E-state index contributed by atoms with van der Waals surface area (Å²) in [6.07, 6.45) is 3.54. The summed E-state index contributed by atoms with van der Waals surface area (Å²) in [6.45, 7) is 0. The van der Waals surface area contributed by atoms with Crippen LogP contribution in [0.3, 0.4) is 0 Å². The van der Waals surface area contributed by atoms with E-state index in [-0.39, 0.29) is 21.1 Å². The monoisotopic (exact) mass is 398 g/mol. The number of aromatic nitrogens is 2. The second kappa shape index (κ2) is 5.71. The largest absolute Gasteiger partial charge is 0.554 e. The first-order valence-electron chi connectivity index (χ1n) is 4.49. The van der Waals surface area contributed by atoms with Crippen molar-refractivity contribution < 1.29 is 30.5 Å². The molecule has 1 aromatic carbocycles. The zero-order chi connectivity index (χ0) is 10.7. The second-order valence-electron chi connectivity index (χ2n) is 2.91. The van der Waals surface area contributed by atoms with Gasteiger partial charge < -0.3 is 9.47 Å². The molecule has 4 nitrogen and oxygen atoms in total. The molecule has 16 heavy (non-hydrogen) atoms. The van der Waals surface area contributed by atoms with Crippen LogP contribution < -0.4 is 9.47 Å². The third-order valence-corrected chi connectivity index (χ3v) is 2.05. The Morgan fingerprint density at radius 3 is 2.69 bits per heavy atom. The Balaban J connectivity index is 0.00000128. The summed E-state index contributed by atoms with van der Waals surface area (Å²) in [6, 6.07) is 8.45. The minimum absolute atomic E-state index is 0. The van der Waals surface area contributed by atoms with Crippen molar-refractivity contribution in [3.8, 4) is 17.2 Å². The number of methoxy groups -OCH3 is 2. The summed E-state index contributed by atoms with van der Waals surface area (Å²) in [5, 5.41) is 4.12. The minimum Gasteiger partial charge on any atom is -0.554 e. The van der Waals surface area contributed by atoms with Crippen molar-refractivity contribution in [3.63, 3.8) is 0 Å². The zero-order valence-corrected chi connectivity index (χ0v) is 11.2. The molecule has 1 aromatic heterocycles. The first-order chi connectivity index (χ1) is 7.35. The summed E-state index contributed by atoms with van der Waals surface area (Å²) in [5.74, 6) is 1.39. The summed E-state index contributed by atoms with van der Waals surface area (Å²) in [5.41, 5.74) is 0.767. The molecule has 0 spiro atoms. The number of hydrogen-bond donors (Lipinski definition) is 0. The van der Waals surface area contributed by atoms with Gasteiger partial charge in [-0.2, -0.15) is 5.10 Å². The van der Waals surface area contributed by atoms with Gasteiger partial charge in [0, 0.05) is 45.0 Å². The van der Waals surface area contributed by atoms with E-state index in [0.29, 0.717) is 11.5 Å². The molecule has 2 rings (SSSR count). The molecule has 0 saturated heterocycles. The van der Waals surface area contributed by atoms with Gasteiger partial charge in [-0.05, 0) is 11.8 Å². The van der Waals surface area contributed by atoms with E-state index in [4.69, 9.17) is 9.47 Å². The topological polar surface area (TPSA) is 36.3 Å². The van der Waals surface area contributed by atoms with Gasteiger partial charge in [-0.15, -0.1) is 12.1 Å². The van der Waals surface area contributed by atoms with Crippen LogP contribution in [0.1, 0.15) is 0 Å². The Hall–Kier alpha value is -1.28.